The molecule has 0 saturated heterocycles. The smallest absolute Gasteiger partial charge is 0.272 e. The fourth-order valence-electron chi connectivity index (χ4n) is 4.11. The van der Waals surface area contributed by atoms with Crippen molar-refractivity contribution in [3.8, 4) is 5.75 Å². The van der Waals surface area contributed by atoms with Crippen LogP contribution in [0.2, 0.25) is 0 Å². The van der Waals surface area contributed by atoms with Crippen LogP contribution < -0.4 is 10.2 Å². The second-order valence-electron chi connectivity index (χ2n) is 9.65. The molecule has 174 valence electrons. The molecule has 0 aliphatic carbocycles. The number of hydrogen-bond acceptors (Lipinski definition) is 3. The predicted octanol–water partition coefficient (Wildman–Crippen LogP) is 6.01. The average molecular weight is 439 g/mol. The van der Waals surface area contributed by atoms with Crippen LogP contribution in [0.4, 0.5) is 0 Å². The SMILES string of the molecule is CCCCC(N(NC(=O)c1cccc(OC)c1C)C(=O)c1cc(C)cc(C)c1)C(C)(C)C. The Morgan fingerprint density at radius 2 is 1.69 bits per heavy atom. The standard InChI is InChI=1S/C27H38N2O3/c1-9-10-14-24(27(5,6)7)29(26(31)21-16-18(2)15-19(3)17-21)28-25(30)22-12-11-13-23(32-8)20(22)4/h11-13,15-17,24H,9-10,14H2,1-8H3,(H,28,30). The molecule has 0 aliphatic rings. The molecule has 0 radical (unpaired) electrons. The van der Waals surface area contributed by atoms with Crippen LogP contribution >= 0.6 is 0 Å². The Labute approximate surface area is 193 Å². The molecular formula is C27H38N2O3. The summed E-state index contributed by atoms with van der Waals surface area (Å²) in [7, 11) is 1.58. The minimum absolute atomic E-state index is 0.161. The number of carbonyl (C=O) groups excluding carboxylic acids is 2. The highest BCUT2D eigenvalue weighted by molar-refractivity contribution is 6.00. The third kappa shape index (κ3) is 6.12. The molecule has 0 spiro atoms. The highest BCUT2D eigenvalue weighted by atomic mass is 16.5. The lowest BCUT2D eigenvalue weighted by molar-refractivity contribution is 0.0267. The number of ether oxygens (including phenoxy) is 1. The van der Waals surface area contributed by atoms with E-state index in [1.165, 1.54) is 0 Å². The molecule has 0 heterocycles. The highest BCUT2D eigenvalue weighted by Gasteiger charge is 2.35. The van der Waals surface area contributed by atoms with Gasteiger partial charge in [-0.1, -0.05) is 63.8 Å². The highest BCUT2D eigenvalue weighted by Crippen LogP contribution is 2.30. The molecule has 2 aromatic carbocycles. The second-order valence-corrected chi connectivity index (χ2v) is 9.65. The number of nitrogens with zero attached hydrogens (tertiary/aromatic N) is 1. The third-order valence-corrected chi connectivity index (χ3v) is 5.80. The molecule has 1 atom stereocenters. The average Bonchev–Trinajstić information content (AvgIpc) is 2.71. The summed E-state index contributed by atoms with van der Waals surface area (Å²) in [6.07, 6.45) is 2.78. The summed E-state index contributed by atoms with van der Waals surface area (Å²) < 4.78 is 5.38. The summed E-state index contributed by atoms with van der Waals surface area (Å²) in [6.45, 7) is 14.3. The van der Waals surface area contributed by atoms with Gasteiger partial charge in [0.05, 0.1) is 13.2 Å². The maximum atomic E-state index is 13.8. The number of carbonyl (C=O) groups is 2. The molecule has 5 heteroatoms. The molecule has 2 amide bonds. The van der Waals surface area contributed by atoms with Crippen molar-refractivity contribution in [3.63, 3.8) is 0 Å². The van der Waals surface area contributed by atoms with Gasteiger partial charge in [-0.25, -0.2) is 5.01 Å². The van der Waals surface area contributed by atoms with Gasteiger partial charge in [-0.05, 0) is 56.9 Å². The maximum absolute atomic E-state index is 13.8. The zero-order valence-electron chi connectivity index (χ0n) is 20.8. The van der Waals surface area contributed by atoms with Gasteiger partial charge in [-0.2, -0.15) is 0 Å². The first-order chi connectivity index (χ1) is 15.0. The molecule has 2 rings (SSSR count). The minimum Gasteiger partial charge on any atom is -0.496 e. The van der Waals surface area contributed by atoms with Crippen molar-refractivity contribution < 1.29 is 14.3 Å². The summed E-state index contributed by atoms with van der Waals surface area (Å²) in [5.74, 6) is 0.134. The monoisotopic (exact) mass is 438 g/mol. The van der Waals surface area contributed by atoms with Crippen LogP contribution in [0, 0.1) is 26.2 Å². The number of benzene rings is 2. The van der Waals surface area contributed by atoms with Crippen molar-refractivity contribution in [1.82, 2.24) is 10.4 Å². The molecule has 0 fully saturated rings. The number of rotatable bonds is 7. The lowest BCUT2D eigenvalue weighted by Gasteiger charge is -2.40. The Hall–Kier alpha value is -2.82. The number of hydrazine groups is 1. The van der Waals surface area contributed by atoms with E-state index in [2.05, 4.69) is 33.1 Å². The van der Waals surface area contributed by atoms with Gasteiger partial charge < -0.3 is 4.74 Å². The third-order valence-electron chi connectivity index (χ3n) is 5.80. The number of amides is 2. The van der Waals surface area contributed by atoms with E-state index in [4.69, 9.17) is 4.74 Å². The lowest BCUT2D eigenvalue weighted by Crippen LogP contribution is -2.56. The predicted molar refractivity (Wildman–Crippen MR) is 130 cm³/mol. The summed E-state index contributed by atoms with van der Waals surface area (Å²) in [5, 5.41) is 1.56. The Kier molecular flexibility index (Phi) is 8.48. The van der Waals surface area contributed by atoms with Crippen molar-refractivity contribution in [1.29, 1.82) is 0 Å². The van der Waals surface area contributed by atoms with Crippen molar-refractivity contribution in [2.75, 3.05) is 7.11 Å². The second kappa shape index (κ2) is 10.7. The first-order valence-corrected chi connectivity index (χ1v) is 11.4. The maximum Gasteiger partial charge on any atom is 0.272 e. The fraction of sp³-hybridized carbons (Fsp3) is 0.481. The van der Waals surface area contributed by atoms with Gasteiger partial charge >= 0.3 is 0 Å². The minimum atomic E-state index is -0.315. The van der Waals surface area contributed by atoms with Crippen molar-refractivity contribution in [3.05, 3.63) is 64.2 Å². The number of unbranched alkanes of at least 4 members (excludes halogenated alkanes) is 1. The Bertz CT molecular complexity index is 940. The van der Waals surface area contributed by atoms with Crippen molar-refractivity contribution in [2.24, 2.45) is 5.41 Å². The van der Waals surface area contributed by atoms with Gasteiger partial charge in [0, 0.05) is 16.7 Å². The summed E-state index contributed by atoms with van der Waals surface area (Å²) >= 11 is 0. The molecular weight excluding hydrogens is 400 g/mol. The van der Waals surface area contributed by atoms with Crippen LogP contribution in [0.5, 0.6) is 5.75 Å². The van der Waals surface area contributed by atoms with Crippen LogP contribution in [-0.4, -0.2) is 30.0 Å². The summed E-state index contributed by atoms with van der Waals surface area (Å²) in [4.78, 5) is 27.1. The molecule has 0 aromatic heterocycles. The van der Waals surface area contributed by atoms with E-state index >= 15 is 0 Å². The van der Waals surface area contributed by atoms with E-state index in [9.17, 15) is 9.59 Å². The van der Waals surface area contributed by atoms with Gasteiger partial charge in [-0.15, -0.1) is 0 Å². The first kappa shape index (κ1) is 25.4. The molecule has 1 unspecified atom stereocenters. The van der Waals surface area contributed by atoms with Gasteiger partial charge in [0.15, 0.2) is 0 Å². The number of aryl methyl sites for hydroxylation is 2. The van der Waals surface area contributed by atoms with Crippen molar-refractivity contribution >= 4 is 11.8 Å². The van der Waals surface area contributed by atoms with E-state index < -0.39 is 0 Å². The van der Waals surface area contributed by atoms with Gasteiger partial charge in [0.2, 0.25) is 0 Å². The van der Waals surface area contributed by atoms with E-state index in [1.807, 2.05) is 45.0 Å². The fourth-order valence-corrected chi connectivity index (χ4v) is 4.11. The zero-order valence-corrected chi connectivity index (χ0v) is 20.8. The van der Waals surface area contributed by atoms with E-state index in [0.717, 1.165) is 36.0 Å². The van der Waals surface area contributed by atoms with Crippen LogP contribution in [0.3, 0.4) is 0 Å². The van der Waals surface area contributed by atoms with Crippen LogP contribution in [0.15, 0.2) is 36.4 Å². The number of methoxy groups -OCH3 is 1. The van der Waals surface area contributed by atoms with Crippen LogP contribution in [0.25, 0.3) is 0 Å². The Balaban J connectivity index is 2.52. The summed E-state index contributed by atoms with van der Waals surface area (Å²) in [5.41, 5.74) is 6.59. The van der Waals surface area contributed by atoms with E-state index in [1.54, 1.807) is 24.3 Å². The Morgan fingerprint density at radius 3 is 2.22 bits per heavy atom. The largest absolute Gasteiger partial charge is 0.496 e. The number of hydrogen-bond donors (Lipinski definition) is 1. The zero-order chi connectivity index (χ0) is 24.1. The van der Waals surface area contributed by atoms with Gasteiger partial charge in [-0.3, -0.25) is 15.0 Å². The van der Waals surface area contributed by atoms with Gasteiger partial charge in [0.1, 0.15) is 5.75 Å². The summed E-state index contributed by atoms with van der Waals surface area (Å²) in [6, 6.07) is 11.0. The first-order valence-electron chi connectivity index (χ1n) is 11.4. The topological polar surface area (TPSA) is 58.6 Å². The van der Waals surface area contributed by atoms with Gasteiger partial charge in [0.25, 0.3) is 11.8 Å². The molecule has 32 heavy (non-hydrogen) atoms. The van der Waals surface area contributed by atoms with Crippen LogP contribution in [0.1, 0.15) is 84.4 Å². The molecule has 0 aliphatic heterocycles. The quantitative estimate of drug-likeness (QED) is 0.538. The van der Waals surface area contributed by atoms with E-state index in [0.29, 0.717) is 16.9 Å². The molecule has 1 N–H and O–H groups in total. The Morgan fingerprint density at radius 1 is 1.06 bits per heavy atom. The number of nitrogens with one attached hydrogen (secondary N) is 1. The molecule has 2 aromatic rings. The van der Waals surface area contributed by atoms with Crippen molar-refractivity contribution in [2.45, 2.75) is 73.8 Å². The normalized spacial score (nSPS) is 12.2. The lowest BCUT2D eigenvalue weighted by atomic mass is 9.83. The molecule has 0 saturated carbocycles. The molecule has 5 nitrogen and oxygen atoms in total. The van der Waals surface area contributed by atoms with E-state index in [-0.39, 0.29) is 23.3 Å². The molecule has 0 bridgehead atoms. The van der Waals surface area contributed by atoms with Crippen LogP contribution in [-0.2, 0) is 0 Å².